The van der Waals surface area contributed by atoms with Crippen LogP contribution in [0.2, 0.25) is 0 Å². The van der Waals surface area contributed by atoms with Gasteiger partial charge in [-0.3, -0.25) is 10.1 Å². The van der Waals surface area contributed by atoms with E-state index in [1.807, 2.05) is 13.8 Å². The number of oxime groups is 1. The molecule has 5 heteroatoms. The zero-order valence-electron chi connectivity index (χ0n) is 9.29. The number of non-ortho nitro benzene ring substituents is 1. The average molecular weight is 222 g/mol. The first-order valence-electron chi connectivity index (χ1n) is 5.07. The summed E-state index contributed by atoms with van der Waals surface area (Å²) in [4.78, 5) is 15.1. The van der Waals surface area contributed by atoms with Crippen LogP contribution < -0.4 is 0 Å². The molecule has 0 radical (unpaired) electrons. The zero-order chi connectivity index (χ0) is 12.0. The Labute approximate surface area is 93.9 Å². The van der Waals surface area contributed by atoms with Gasteiger partial charge in [0.2, 0.25) is 0 Å². The number of benzene rings is 1. The number of hydrogen-bond acceptors (Lipinski definition) is 4. The third-order valence-electron chi connectivity index (χ3n) is 2.12. The van der Waals surface area contributed by atoms with E-state index in [4.69, 9.17) is 4.84 Å². The van der Waals surface area contributed by atoms with Gasteiger partial charge in [-0.1, -0.05) is 12.1 Å². The molecule has 0 spiro atoms. The predicted molar refractivity (Wildman–Crippen MR) is 61.5 cm³/mol. The summed E-state index contributed by atoms with van der Waals surface area (Å²) in [5, 5.41) is 14.2. The molecule has 0 aliphatic carbocycles. The van der Waals surface area contributed by atoms with Gasteiger partial charge in [0.1, 0.15) is 6.10 Å². The minimum Gasteiger partial charge on any atom is -0.393 e. The van der Waals surface area contributed by atoms with E-state index < -0.39 is 4.92 Å². The number of hydrogen-bond donors (Lipinski definition) is 0. The summed E-state index contributed by atoms with van der Waals surface area (Å²) in [5.41, 5.74) is 0.842. The van der Waals surface area contributed by atoms with Crippen molar-refractivity contribution in [3.63, 3.8) is 0 Å². The molecule has 1 atom stereocenters. The molecule has 1 unspecified atom stereocenters. The van der Waals surface area contributed by atoms with Gasteiger partial charge in [0, 0.05) is 12.1 Å². The second-order valence-corrected chi connectivity index (χ2v) is 3.41. The van der Waals surface area contributed by atoms with E-state index in [0.717, 1.165) is 12.0 Å². The summed E-state index contributed by atoms with van der Waals surface area (Å²) in [6, 6.07) is 6.12. The first kappa shape index (κ1) is 12.2. The highest BCUT2D eigenvalue weighted by Crippen LogP contribution is 2.10. The number of rotatable bonds is 5. The van der Waals surface area contributed by atoms with Crippen LogP contribution in [0.15, 0.2) is 29.4 Å². The van der Waals surface area contributed by atoms with Gasteiger partial charge in [-0.2, -0.15) is 0 Å². The SMILES string of the molecule is CCC(C)ON=Cc1ccc([N+](=O)[O-])cc1. The van der Waals surface area contributed by atoms with Gasteiger partial charge in [-0.25, -0.2) is 0 Å². The number of nitro groups is 1. The molecule has 5 nitrogen and oxygen atoms in total. The molecular weight excluding hydrogens is 208 g/mol. The van der Waals surface area contributed by atoms with Gasteiger partial charge in [0.05, 0.1) is 11.1 Å². The maximum absolute atomic E-state index is 10.4. The highest BCUT2D eigenvalue weighted by atomic mass is 16.6. The largest absolute Gasteiger partial charge is 0.393 e. The van der Waals surface area contributed by atoms with Gasteiger partial charge >= 0.3 is 0 Å². The molecule has 0 aromatic heterocycles. The number of nitro benzene ring substituents is 1. The van der Waals surface area contributed by atoms with Gasteiger partial charge < -0.3 is 4.84 Å². The standard InChI is InChI=1S/C11H14N2O3/c1-3-9(2)16-12-8-10-4-6-11(7-5-10)13(14)15/h4-9H,3H2,1-2H3. The van der Waals surface area contributed by atoms with Crippen molar-refractivity contribution in [3.05, 3.63) is 39.9 Å². The second kappa shape index (κ2) is 5.85. The van der Waals surface area contributed by atoms with Crippen LogP contribution in [0.1, 0.15) is 25.8 Å². The van der Waals surface area contributed by atoms with E-state index in [2.05, 4.69) is 5.16 Å². The summed E-state index contributed by atoms with van der Waals surface area (Å²) >= 11 is 0. The summed E-state index contributed by atoms with van der Waals surface area (Å²) < 4.78 is 0. The van der Waals surface area contributed by atoms with Gasteiger partial charge in [0.15, 0.2) is 0 Å². The molecule has 0 amide bonds. The average Bonchev–Trinajstić information content (AvgIpc) is 2.29. The van der Waals surface area contributed by atoms with Crippen molar-refractivity contribution in [1.82, 2.24) is 0 Å². The van der Waals surface area contributed by atoms with Crippen molar-refractivity contribution in [1.29, 1.82) is 0 Å². The Hall–Kier alpha value is -1.91. The topological polar surface area (TPSA) is 64.7 Å². The van der Waals surface area contributed by atoms with E-state index in [0.29, 0.717) is 0 Å². The molecule has 0 N–H and O–H groups in total. The fourth-order valence-corrected chi connectivity index (χ4v) is 0.952. The van der Waals surface area contributed by atoms with Crippen molar-refractivity contribution in [3.8, 4) is 0 Å². The van der Waals surface area contributed by atoms with E-state index in [1.165, 1.54) is 18.3 Å². The fraction of sp³-hybridized carbons (Fsp3) is 0.364. The Morgan fingerprint density at radius 2 is 2.12 bits per heavy atom. The third kappa shape index (κ3) is 3.68. The van der Waals surface area contributed by atoms with Crippen LogP contribution in [-0.2, 0) is 4.84 Å². The Bertz CT molecular complexity index is 373. The van der Waals surface area contributed by atoms with E-state index >= 15 is 0 Å². The Balaban J connectivity index is 2.58. The van der Waals surface area contributed by atoms with Crippen LogP contribution in [-0.4, -0.2) is 17.2 Å². The van der Waals surface area contributed by atoms with Crippen molar-refractivity contribution in [2.75, 3.05) is 0 Å². The minimum absolute atomic E-state index is 0.0694. The molecule has 0 aliphatic heterocycles. The minimum atomic E-state index is -0.434. The lowest BCUT2D eigenvalue weighted by Gasteiger charge is -2.04. The van der Waals surface area contributed by atoms with Crippen LogP contribution >= 0.6 is 0 Å². The van der Waals surface area contributed by atoms with Crippen LogP contribution in [0.3, 0.4) is 0 Å². The quantitative estimate of drug-likeness (QED) is 0.437. The van der Waals surface area contributed by atoms with Crippen LogP contribution in [0.4, 0.5) is 5.69 Å². The first-order chi connectivity index (χ1) is 7.63. The lowest BCUT2D eigenvalue weighted by molar-refractivity contribution is -0.384. The summed E-state index contributed by atoms with van der Waals surface area (Å²) in [5.74, 6) is 0. The normalized spacial score (nSPS) is 12.6. The van der Waals surface area contributed by atoms with Crippen LogP contribution in [0.5, 0.6) is 0 Å². The van der Waals surface area contributed by atoms with Crippen LogP contribution in [0.25, 0.3) is 0 Å². The van der Waals surface area contributed by atoms with Crippen molar-refractivity contribution in [2.24, 2.45) is 5.16 Å². The Morgan fingerprint density at radius 1 is 1.50 bits per heavy atom. The molecule has 0 fully saturated rings. The second-order valence-electron chi connectivity index (χ2n) is 3.41. The summed E-state index contributed by atoms with van der Waals surface area (Å²) in [7, 11) is 0. The van der Waals surface area contributed by atoms with Crippen LogP contribution in [0, 0.1) is 10.1 Å². The molecule has 0 aliphatic rings. The Kier molecular flexibility index (Phi) is 4.44. The lowest BCUT2D eigenvalue weighted by atomic mass is 10.2. The molecule has 1 aromatic rings. The van der Waals surface area contributed by atoms with E-state index in [-0.39, 0.29) is 11.8 Å². The first-order valence-corrected chi connectivity index (χ1v) is 5.07. The molecule has 86 valence electrons. The number of nitrogens with zero attached hydrogens (tertiary/aromatic N) is 2. The molecule has 0 heterocycles. The van der Waals surface area contributed by atoms with Crippen molar-refractivity contribution in [2.45, 2.75) is 26.4 Å². The molecule has 0 bridgehead atoms. The molecular formula is C11H14N2O3. The molecule has 1 rings (SSSR count). The monoisotopic (exact) mass is 222 g/mol. The predicted octanol–water partition coefficient (Wildman–Crippen LogP) is 2.74. The molecule has 0 saturated carbocycles. The maximum atomic E-state index is 10.4. The van der Waals surface area contributed by atoms with E-state index in [9.17, 15) is 10.1 Å². The summed E-state index contributed by atoms with van der Waals surface area (Å²) in [6.45, 7) is 3.93. The molecule has 1 aromatic carbocycles. The Morgan fingerprint density at radius 3 is 2.62 bits per heavy atom. The highest BCUT2D eigenvalue weighted by Gasteiger charge is 2.02. The van der Waals surface area contributed by atoms with Gasteiger partial charge in [-0.05, 0) is 31.0 Å². The molecule has 16 heavy (non-hydrogen) atoms. The molecule has 0 saturated heterocycles. The third-order valence-corrected chi connectivity index (χ3v) is 2.12. The fourth-order valence-electron chi connectivity index (χ4n) is 0.952. The van der Waals surface area contributed by atoms with Crippen molar-refractivity contribution < 1.29 is 9.76 Å². The van der Waals surface area contributed by atoms with Gasteiger partial charge in [-0.15, -0.1) is 0 Å². The highest BCUT2D eigenvalue weighted by molar-refractivity contribution is 5.79. The van der Waals surface area contributed by atoms with E-state index in [1.54, 1.807) is 12.1 Å². The maximum Gasteiger partial charge on any atom is 0.269 e. The van der Waals surface area contributed by atoms with Crippen molar-refractivity contribution >= 4 is 11.9 Å². The summed E-state index contributed by atoms with van der Waals surface area (Å²) in [6.07, 6.45) is 2.50. The van der Waals surface area contributed by atoms with Gasteiger partial charge in [0.25, 0.3) is 5.69 Å². The lowest BCUT2D eigenvalue weighted by Crippen LogP contribution is -2.01. The zero-order valence-corrected chi connectivity index (χ0v) is 9.29. The smallest absolute Gasteiger partial charge is 0.269 e.